The number of anilines is 1. The van der Waals surface area contributed by atoms with Crippen LogP contribution >= 0.6 is 23.1 Å². The lowest BCUT2D eigenvalue weighted by molar-refractivity contribution is -0.122. The fraction of sp³-hybridized carbons (Fsp3) is 0.400. The predicted octanol–water partition coefficient (Wildman–Crippen LogP) is 3.45. The number of carbonyl (C=O) groups excluding carboxylic acids is 1. The molecule has 0 aliphatic carbocycles. The number of aromatic nitrogens is 2. The van der Waals surface area contributed by atoms with Gasteiger partial charge in [-0.05, 0) is 37.6 Å². The first kappa shape index (κ1) is 17.6. The Balaban J connectivity index is 1.87. The van der Waals surface area contributed by atoms with Gasteiger partial charge in [-0.3, -0.25) is 10.1 Å². The maximum atomic E-state index is 12.1. The van der Waals surface area contributed by atoms with E-state index in [0.29, 0.717) is 10.9 Å². The second-order valence-corrected chi connectivity index (χ2v) is 6.97. The summed E-state index contributed by atoms with van der Waals surface area (Å²) < 4.78 is 11.5. The molecular formula is C15H19N3O3S2. The van der Waals surface area contributed by atoms with E-state index in [1.807, 2.05) is 0 Å². The number of amides is 1. The zero-order valence-electron chi connectivity index (χ0n) is 13.2. The first-order valence-corrected chi connectivity index (χ1v) is 9.00. The summed E-state index contributed by atoms with van der Waals surface area (Å²) in [6.45, 7) is 3.79. The number of methoxy groups -OCH3 is 1. The highest BCUT2D eigenvalue weighted by molar-refractivity contribution is 8.01. The minimum Gasteiger partial charge on any atom is -0.497 e. The number of thioether (sulfide) groups is 1. The topological polar surface area (TPSA) is 73.3 Å². The number of carbonyl (C=O) groups is 1. The smallest absolute Gasteiger partial charge is 0.266 e. The Labute approximate surface area is 143 Å². The van der Waals surface area contributed by atoms with Gasteiger partial charge in [0.05, 0.1) is 7.11 Å². The van der Waals surface area contributed by atoms with Crippen LogP contribution < -0.4 is 14.8 Å². The van der Waals surface area contributed by atoms with Gasteiger partial charge in [0.2, 0.25) is 5.13 Å². The van der Waals surface area contributed by atoms with Crippen molar-refractivity contribution in [3.05, 3.63) is 24.3 Å². The van der Waals surface area contributed by atoms with Crippen molar-refractivity contribution in [2.75, 3.05) is 18.2 Å². The van der Waals surface area contributed by atoms with Gasteiger partial charge in [0.1, 0.15) is 11.5 Å². The van der Waals surface area contributed by atoms with Crippen LogP contribution in [0.4, 0.5) is 5.13 Å². The second kappa shape index (κ2) is 8.73. The minimum absolute atomic E-state index is 0.260. The average Bonchev–Trinajstić information content (AvgIpc) is 3.01. The SMILES string of the molecule is CCCSc1nnc(NC(=O)C(C)Oc2ccc(OC)cc2)s1. The van der Waals surface area contributed by atoms with E-state index in [0.717, 1.165) is 22.3 Å². The number of hydrogen-bond acceptors (Lipinski definition) is 7. The molecule has 1 heterocycles. The van der Waals surface area contributed by atoms with Crippen LogP contribution in [-0.4, -0.2) is 35.1 Å². The van der Waals surface area contributed by atoms with Gasteiger partial charge in [0.15, 0.2) is 10.4 Å². The first-order chi connectivity index (χ1) is 11.1. The van der Waals surface area contributed by atoms with Gasteiger partial charge in [-0.25, -0.2) is 0 Å². The molecule has 1 atom stereocenters. The van der Waals surface area contributed by atoms with Crippen molar-refractivity contribution in [1.82, 2.24) is 10.2 Å². The quantitative estimate of drug-likeness (QED) is 0.579. The molecule has 6 nitrogen and oxygen atoms in total. The molecule has 1 amide bonds. The van der Waals surface area contributed by atoms with Crippen molar-refractivity contribution in [2.45, 2.75) is 30.7 Å². The van der Waals surface area contributed by atoms with Crippen molar-refractivity contribution in [2.24, 2.45) is 0 Å². The van der Waals surface area contributed by atoms with Crippen LogP contribution in [0.3, 0.4) is 0 Å². The van der Waals surface area contributed by atoms with E-state index < -0.39 is 6.10 Å². The number of nitrogens with zero attached hydrogens (tertiary/aromatic N) is 2. The van der Waals surface area contributed by atoms with Crippen LogP contribution in [0, 0.1) is 0 Å². The van der Waals surface area contributed by atoms with Crippen molar-refractivity contribution in [3.8, 4) is 11.5 Å². The van der Waals surface area contributed by atoms with E-state index in [-0.39, 0.29) is 5.91 Å². The molecule has 23 heavy (non-hydrogen) atoms. The molecule has 0 radical (unpaired) electrons. The highest BCUT2D eigenvalue weighted by atomic mass is 32.2. The van der Waals surface area contributed by atoms with Gasteiger partial charge in [0.25, 0.3) is 5.91 Å². The highest BCUT2D eigenvalue weighted by Crippen LogP contribution is 2.26. The number of benzene rings is 1. The molecule has 0 fully saturated rings. The van der Waals surface area contributed by atoms with E-state index in [4.69, 9.17) is 9.47 Å². The number of ether oxygens (including phenoxy) is 2. The molecule has 8 heteroatoms. The molecule has 0 bridgehead atoms. The Hall–Kier alpha value is -1.80. The van der Waals surface area contributed by atoms with E-state index in [9.17, 15) is 4.79 Å². The minimum atomic E-state index is -0.640. The monoisotopic (exact) mass is 353 g/mol. The van der Waals surface area contributed by atoms with Gasteiger partial charge in [-0.1, -0.05) is 30.0 Å². The molecule has 2 rings (SSSR count). The van der Waals surface area contributed by atoms with Crippen molar-refractivity contribution in [3.63, 3.8) is 0 Å². The molecule has 0 saturated heterocycles. The normalized spacial score (nSPS) is 11.8. The number of nitrogens with one attached hydrogen (secondary N) is 1. The van der Waals surface area contributed by atoms with Gasteiger partial charge in [-0.2, -0.15) is 0 Å². The third kappa shape index (κ3) is 5.40. The van der Waals surface area contributed by atoms with E-state index in [1.54, 1.807) is 50.1 Å². The molecule has 2 aromatic rings. The largest absolute Gasteiger partial charge is 0.497 e. The fourth-order valence-electron chi connectivity index (χ4n) is 1.63. The van der Waals surface area contributed by atoms with E-state index in [2.05, 4.69) is 22.4 Å². The summed E-state index contributed by atoms with van der Waals surface area (Å²) in [5.41, 5.74) is 0. The van der Waals surface area contributed by atoms with Crippen molar-refractivity contribution < 1.29 is 14.3 Å². The molecular weight excluding hydrogens is 334 g/mol. The maximum absolute atomic E-state index is 12.1. The van der Waals surface area contributed by atoms with Crippen LogP contribution in [0.1, 0.15) is 20.3 Å². The molecule has 1 unspecified atom stereocenters. The third-order valence-corrected chi connectivity index (χ3v) is 4.99. The predicted molar refractivity (Wildman–Crippen MR) is 92.6 cm³/mol. The number of hydrogen-bond donors (Lipinski definition) is 1. The summed E-state index contributed by atoms with van der Waals surface area (Å²) in [4.78, 5) is 12.1. The van der Waals surface area contributed by atoms with Crippen LogP contribution in [0.25, 0.3) is 0 Å². The summed E-state index contributed by atoms with van der Waals surface area (Å²) in [7, 11) is 1.60. The molecule has 0 spiro atoms. The van der Waals surface area contributed by atoms with Gasteiger partial charge in [0, 0.05) is 5.75 Å². The Morgan fingerprint density at radius 1 is 1.30 bits per heavy atom. The van der Waals surface area contributed by atoms with E-state index in [1.165, 1.54) is 11.3 Å². The summed E-state index contributed by atoms with van der Waals surface area (Å²) in [5, 5.41) is 11.2. The Morgan fingerprint density at radius 2 is 2.00 bits per heavy atom. The fourth-order valence-corrected chi connectivity index (χ4v) is 3.31. The van der Waals surface area contributed by atoms with Crippen LogP contribution in [0.5, 0.6) is 11.5 Å². The zero-order valence-corrected chi connectivity index (χ0v) is 14.9. The first-order valence-electron chi connectivity index (χ1n) is 7.20. The Morgan fingerprint density at radius 3 is 2.65 bits per heavy atom. The van der Waals surface area contributed by atoms with Gasteiger partial charge >= 0.3 is 0 Å². The Bertz CT molecular complexity index is 631. The van der Waals surface area contributed by atoms with Gasteiger partial charge < -0.3 is 9.47 Å². The molecule has 0 aliphatic heterocycles. The molecule has 0 saturated carbocycles. The third-order valence-electron chi connectivity index (χ3n) is 2.81. The van der Waals surface area contributed by atoms with Crippen LogP contribution in [0.2, 0.25) is 0 Å². The summed E-state index contributed by atoms with van der Waals surface area (Å²) in [6, 6.07) is 7.07. The average molecular weight is 353 g/mol. The zero-order chi connectivity index (χ0) is 16.7. The standard InChI is InChI=1S/C15H19N3O3S2/c1-4-9-22-15-18-17-14(23-15)16-13(19)10(2)21-12-7-5-11(20-3)6-8-12/h5-8,10H,4,9H2,1-3H3,(H,16,17,19). The molecule has 0 aliphatic rings. The van der Waals surface area contributed by atoms with Crippen molar-refractivity contribution in [1.29, 1.82) is 0 Å². The summed E-state index contributed by atoms with van der Waals surface area (Å²) in [6.07, 6.45) is 0.428. The Kier molecular flexibility index (Phi) is 6.66. The lowest BCUT2D eigenvalue weighted by Crippen LogP contribution is -2.30. The number of rotatable bonds is 8. The van der Waals surface area contributed by atoms with Gasteiger partial charge in [-0.15, -0.1) is 10.2 Å². The van der Waals surface area contributed by atoms with Crippen LogP contribution in [-0.2, 0) is 4.79 Å². The highest BCUT2D eigenvalue weighted by Gasteiger charge is 2.17. The van der Waals surface area contributed by atoms with E-state index >= 15 is 0 Å². The second-order valence-electron chi connectivity index (χ2n) is 4.65. The lowest BCUT2D eigenvalue weighted by Gasteiger charge is -2.13. The summed E-state index contributed by atoms with van der Waals surface area (Å²) in [5.74, 6) is 2.06. The maximum Gasteiger partial charge on any atom is 0.266 e. The molecule has 124 valence electrons. The van der Waals surface area contributed by atoms with Crippen molar-refractivity contribution >= 4 is 34.1 Å². The molecule has 1 N–H and O–H groups in total. The van der Waals surface area contributed by atoms with Crippen LogP contribution in [0.15, 0.2) is 28.6 Å². The molecule has 1 aromatic carbocycles. The summed E-state index contributed by atoms with van der Waals surface area (Å²) >= 11 is 3.00. The lowest BCUT2D eigenvalue weighted by atomic mass is 10.3. The molecule has 1 aromatic heterocycles.